The molecule has 0 spiro atoms. The number of allylic oxidation sites excluding steroid dienone is 2. The Labute approximate surface area is 94.4 Å². The van der Waals surface area contributed by atoms with Crippen LogP contribution in [0.15, 0.2) is 12.2 Å². The third kappa shape index (κ3) is 4.04. The predicted octanol–water partition coefficient (Wildman–Crippen LogP) is 2.08. The Morgan fingerprint density at radius 2 is 2.20 bits per heavy atom. The fraction of sp³-hybridized carbons (Fsp3) is 0.636. The van der Waals surface area contributed by atoms with E-state index < -0.39 is 5.97 Å². The standard InChI is InChI=1S/C11H15ClO3/c1-15-11(14)7-10(13)8-3-2-4-9(12)6-5-8/h2-3,8-9H,4-7H2,1H3/t8-,9?/m0/s1. The van der Waals surface area contributed by atoms with Gasteiger partial charge in [0.25, 0.3) is 0 Å². The van der Waals surface area contributed by atoms with Gasteiger partial charge in [-0.1, -0.05) is 12.2 Å². The van der Waals surface area contributed by atoms with Crippen molar-refractivity contribution in [3.63, 3.8) is 0 Å². The summed E-state index contributed by atoms with van der Waals surface area (Å²) in [5, 5.41) is 0.108. The maximum absolute atomic E-state index is 11.6. The third-order valence-electron chi connectivity index (χ3n) is 2.51. The van der Waals surface area contributed by atoms with Crippen LogP contribution >= 0.6 is 11.6 Å². The van der Waals surface area contributed by atoms with Crippen LogP contribution in [-0.2, 0) is 14.3 Å². The van der Waals surface area contributed by atoms with E-state index in [4.69, 9.17) is 11.6 Å². The van der Waals surface area contributed by atoms with Crippen LogP contribution in [0, 0.1) is 5.92 Å². The monoisotopic (exact) mass is 230 g/mol. The van der Waals surface area contributed by atoms with Gasteiger partial charge in [0.05, 0.1) is 7.11 Å². The zero-order chi connectivity index (χ0) is 11.3. The van der Waals surface area contributed by atoms with E-state index in [2.05, 4.69) is 4.74 Å². The van der Waals surface area contributed by atoms with Gasteiger partial charge < -0.3 is 4.74 Å². The molecule has 1 rings (SSSR count). The highest BCUT2D eigenvalue weighted by Gasteiger charge is 2.21. The molecule has 3 nitrogen and oxygen atoms in total. The molecule has 1 aliphatic rings. The molecule has 0 aromatic carbocycles. The summed E-state index contributed by atoms with van der Waals surface area (Å²) in [5.41, 5.74) is 0. The molecule has 0 bridgehead atoms. The number of ether oxygens (including phenoxy) is 1. The fourth-order valence-corrected chi connectivity index (χ4v) is 1.81. The Morgan fingerprint density at radius 3 is 2.87 bits per heavy atom. The molecule has 1 unspecified atom stereocenters. The third-order valence-corrected chi connectivity index (χ3v) is 2.91. The van der Waals surface area contributed by atoms with Gasteiger partial charge >= 0.3 is 5.97 Å². The smallest absolute Gasteiger partial charge is 0.313 e. The molecular weight excluding hydrogens is 216 g/mol. The number of ketones is 1. The second-order valence-corrected chi connectivity index (χ2v) is 4.28. The predicted molar refractivity (Wildman–Crippen MR) is 57.8 cm³/mol. The first-order chi connectivity index (χ1) is 7.13. The second kappa shape index (κ2) is 5.91. The lowest BCUT2D eigenvalue weighted by Gasteiger charge is -2.09. The zero-order valence-electron chi connectivity index (χ0n) is 8.74. The number of carbonyl (C=O) groups is 2. The van der Waals surface area contributed by atoms with Crippen LogP contribution < -0.4 is 0 Å². The van der Waals surface area contributed by atoms with E-state index in [1.807, 2.05) is 12.2 Å². The highest BCUT2D eigenvalue weighted by atomic mass is 35.5. The average molecular weight is 231 g/mol. The van der Waals surface area contributed by atoms with Crippen molar-refractivity contribution in [2.75, 3.05) is 7.11 Å². The molecule has 2 atom stereocenters. The Kier molecular flexibility index (Phi) is 4.82. The Morgan fingerprint density at radius 1 is 1.47 bits per heavy atom. The number of hydrogen-bond acceptors (Lipinski definition) is 3. The number of alkyl halides is 1. The Balaban J connectivity index is 2.49. The number of carbonyl (C=O) groups excluding carboxylic acids is 2. The van der Waals surface area contributed by atoms with Gasteiger partial charge in [-0.2, -0.15) is 0 Å². The number of hydrogen-bond donors (Lipinski definition) is 0. The quantitative estimate of drug-likeness (QED) is 0.323. The van der Waals surface area contributed by atoms with E-state index in [0.717, 1.165) is 19.3 Å². The molecule has 15 heavy (non-hydrogen) atoms. The minimum absolute atomic E-state index is 0.0798. The van der Waals surface area contributed by atoms with Gasteiger partial charge in [0.1, 0.15) is 6.42 Å². The van der Waals surface area contributed by atoms with E-state index in [1.165, 1.54) is 7.11 Å². The SMILES string of the molecule is COC(=O)CC(=O)[C@H]1C=CCC(Cl)CC1. The van der Waals surface area contributed by atoms with E-state index in [1.54, 1.807) is 0 Å². The van der Waals surface area contributed by atoms with Gasteiger partial charge in [-0.05, 0) is 19.3 Å². The first-order valence-corrected chi connectivity index (χ1v) is 5.47. The zero-order valence-corrected chi connectivity index (χ0v) is 9.50. The van der Waals surface area contributed by atoms with Crippen LogP contribution in [0.1, 0.15) is 25.7 Å². The van der Waals surface area contributed by atoms with E-state index in [0.29, 0.717) is 0 Å². The molecule has 4 heteroatoms. The molecule has 0 saturated heterocycles. The van der Waals surface area contributed by atoms with Crippen molar-refractivity contribution in [3.8, 4) is 0 Å². The normalized spacial score (nSPS) is 25.7. The molecule has 0 radical (unpaired) electrons. The molecule has 0 saturated carbocycles. The van der Waals surface area contributed by atoms with Crippen LogP contribution in [0.4, 0.5) is 0 Å². The van der Waals surface area contributed by atoms with Gasteiger partial charge in [-0.3, -0.25) is 9.59 Å². The van der Waals surface area contributed by atoms with Crippen LogP contribution in [-0.4, -0.2) is 24.2 Å². The average Bonchev–Trinajstić information content (AvgIpc) is 2.42. The first-order valence-electron chi connectivity index (χ1n) is 5.03. The van der Waals surface area contributed by atoms with Gasteiger partial charge in [0.15, 0.2) is 5.78 Å². The lowest BCUT2D eigenvalue weighted by molar-refractivity contribution is -0.143. The second-order valence-electron chi connectivity index (χ2n) is 3.66. The highest BCUT2D eigenvalue weighted by molar-refractivity contribution is 6.20. The maximum Gasteiger partial charge on any atom is 0.313 e. The molecule has 0 N–H and O–H groups in total. The van der Waals surface area contributed by atoms with Crippen LogP contribution in [0.25, 0.3) is 0 Å². The summed E-state index contributed by atoms with van der Waals surface area (Å²) in [4.78, 5) is 22.6. The van der Waals surface area contributed by atoms with Crippen molar-refractivity contribution < 1.29 is 14.3 Å². The maximum atomic E-state index is 11.6. The highest BCUT2D eigenvalue weighted by Crippen LogP contribution is 2.22. The lowest BCUT2D eigenvalue weighted by Crippen LogP contribution is -2.17. The van der Waals surface area contributed by atoms with Gasteiger partial charge in [0.2, 0.25) is 0 Å². The van der Waals surface area contributed by atoms with E-state index in [9.17, 15) is 9.59 Å². The molecular formula is C11H15ClO3. The van der Waals surface area contributed by atoms with Crippen molar-refractivity contribution in [1.29, 1.82) is 0 Å². The number of methoxy groups -OCH3 is 1. The lowest BCUT2D eigenvalue weighted by atomic mass is 9.97. The van der Waals surface area contributed by atoms with Crippen LogP contribution in [0.5, 0.6) is 0 Å². The first kappa shape index (κ1) is 12.2. The molecule has 84 valence electrons. The van der Waals surface area contributed by atoms with Gasteiger partial charge in [-0.25, -0.2) is 0 Å². The number of halogens is 1. The number of rotatable bonds is 3. The van der Waals surface area contributed by atoms with Crippen molar-refractivity contribution in [2.24, 2.45) is 5.92 Å². The van der Waals surface area contributed by atoms with Gasteiger partial charge in [0, 0.05) is 11.3 Å². The number of esters is 1. The van der Waals surface area contributed by atoms with Crippen molar-refractivity contribution >= 4 is 23.4 Å². The molecule has 0 heterocycles. The minimum Gasteiger partial charge on any atom is -0.469 e. The molecule has 0 aromatic rings. The molecule has 0 aliphatic heterocycles. The van der Waals surface area contributed by atoms with Crippen molar-refractivity contribution in [2.45, 2.75) is 31.1 Å². The summed E-state index contributed by atoms with van der Waals surface area (Å²) >= 11 is 5.97. The molecule has 0 amide bonds. The summed E-state index contributed by atoms with van der Waals surface area (Å²) in [5.74, 6) is -0.725. The fourth-order valence-electron chi connectivity index (χ4n) is 1.58. The topological polar surface area (TPSA) is 43.4 Å². The van der Waals surface area contributed by atoms with Crippen molar-refractivity contribution in [1.82, 2.24) is 0 Å². The van der Waals surface area contributed by atoms with Crippen molar-refractivity contribution in [3.05, 3.63) is 12.2 Å². The molecule has 0 aromatic heterocycles. The molecule has 0 fully saturated rings. The van der Waals surface area contributed by atoms with E-state index in [-0.39, 0.29) is 23.5 Å². The largest absolute Gasteiger partial charge is 0.469 e. The molecule has 1 aliphatic carbocycles. The summed E-state index contributed by atoms with van der Waals surface area (Å²) < 4.78 is 4.45. The summed E-state index contributed by atoms with van der Waals surface area (Å²) in [6.45, 7) is 0. The minimum atomic E-state index is -0.472. The Bertz CT molecular complexity index is 273. The van der Waals surface area contributed by atoms with E-state index >= 15 is 0 Å². The number of Topliss-reactive ketones (excluding diaryl/α,β-unsaturated/α-hetero) is 1. The van der Waals surface area contributed by atoms with Gasteiger partial charge in [-0.15, -0.1) is 11.6 Å². The van der Waals surface area contributed by atoms with Crippen LogP contribution in [0.2, 0.25) is 0 Å². The summed E-state index contributed by atoms with van der Waals surface area (Å²) in [6, 6.07) is 0. The summed E-state index contributed by atoms with van der Waals surface area (Å²) in [7, 11) is 1.29. The Hall–Kier alpha value is -0.830. The van der Waals surface area contributed by atoms with Crippen LogP contribution in [0.3, 0.4) is 0 Å². The summed E-state index contributed by atoms with van der Waals surface area (Å²) in [6.07, 6.45) is 5.97.